The summed E-state index contributed by atoms with van der Waals surface area (Å²) < 4.78 is 0. The van der Waals surface area contributed by atoms with Gasteiger partial charge in [-0.15, -0.1) is 0 Å². The van der Waals surface area contributed by atoms with Crippen LogP contribution in [0.3, 0.4) is 0 Å². The van der Waals surface area contributed by atoms with Gasteiger partial charge in [0.15, 0.2) is 0 Å². The van der Waals surface area contributed by atoms with Crippen LogP contribution in [0.2, 0.25) is 0 Å². The molecule has 7 nitrogen and oxygen atoms in total. The Kier molecular flexibility index (Phi) is 4.15. The van der Waals surface area contributed by atoms with Crippen LogP contribution in [0.15, 0.2) is 0 Å². The molecule has 1 aliphatic carbocycles. The van der Waals surface area contributed by atoms with Gasteiger partial charge in [0.25, 0.3) is 0 Å². The Labute approximate surface area is 117 Å². The van der Waals surface area contributed by atoms with Gasteiger partial charge in [-0.05, 0) is 38.5 Å². The number of amides is 3. The van der Waals surface area contributed by atoms with E-state index in [1.54, 1.807) is 4.90 Å². The number of carbonyl (C=O) groups is 3. The number of nitrogens with zero attached hydrogens (tertiary/aromatic N) is 1. The number of aliphatic carboxylic acids is 1. The molecule has 3 N–H and O–H groups in total. The number of urea groups is 1. The van der Waals surface area contributed by atoms with Crippen LogP contribution in [0.5, 0.6) is 0 Å². The fourth-order valence-corrected chi connectivity index (χ4v) is 2.51. The molecule has 0 radical (unpaired) electrons. The Balaban J connectivity index is 1.79. The maximum Gasteiger partial charge on any atom is 0.329 e. The van der Waals surface area contributed by atoms with Gasteiger partial charge in [0, 0.05) is 13.1 Å². The summed E-state index contributed by atoms with van der Waals surface area (Å²) in [5, 5.41) is 14.2. The van der Waals surface area contributed by atoms with Gasteiger partial charge in [0.05, 0.1) is 6.54 Å². The van der Waals surface area contributed by atoms with Crippen molar-refractivity contribution < 1.29 is 19.5 Å². The van der Waals surface area contributed by atoms with Crippen LogP contribution in [-0.2, 0) is 9.59 Å². The molecule has 1 heterocycles. The van der Waals surface area contributed by atoms with Gasteiger partial charge < -0.3 is 20.6 Å². The van der Waals surface area contributed by atoms with Gasteiger partial charge in [-0.25, -0.2) is 9.59 Å². The van der Waals surface area contributed by atoms with E-state index in [0.717, 1.165) is 38.8 Å². The minimum Gasteiger partial charge on any atom is -0.480 e. The van der Waals surface area contributed by atoms with Crippen LogP contribution in [0.4, 0.5) is 4.79 Å². The number of rotatable bonds is 5. The molecule has 3 amide bonds. The molecule has 2 rings (SSSR count). The maximum absolute atomic E-state index is 11.8. The molecule has 20 heavy (non-hydrogen) atoms. The van der Waals surface area contributed by atoms with E-state index in [0.29, 0.717) is 0 Å². The van der Waals surface area contributed by atoms with Gasteiger partial charge in [0.2, 0.25) is 5.91 Å². The molecule has 1 saturated heterocycles. The van der Waals surface area contributed by atoms with Gasteiger partial charge in [0.1, 0.15) is 5.54 Å². The van der Waals surface area contributed by atoms with Crippen molar-refractivity contribution in [3.63, 3.8) is 0 Å². The van der Waals surface area contributed by atoms with Crippen molar-refractivity contribution >= 4 is 17.9 Å². The summed E-state index contributed by atoms with van der Waals surface area (Å²) in [6, 6.07) is -0.602. The van der Waals surface area contributed by atoms with Crippen molar-refractivity contribution in [2.75, 3.05) is 19.6 Å². The molecule has 0 aromatic carbocycles. The zero-order valence-electron chi connectivity index (χ0n) is 11.6. The first-order valence-electron chi connectivity index (χ1n) is 7.00. The van der Waals surface area contributed by atoms with E-state index < -0.39 is 17.5 Å². The Bertz CT molecular complexity index is 416. The molecule has 1 atom stereocenters. The van der Waals surface area contributed by atoms with E-state index >= 15 is 0 Å². The van der Waals surface area contributed by atoms with Crippen LogP contribution in [-0.4, -0.2) is 53.1 Å². The van der Waals surface area contributed by atoms with Crippen LogP contribution in [0.25, 0.3) is 0 Å². The van der Waals surface area contributed by atoms with E-state index in [1.165, 1.54) is 6.92 Å². The molecular weight excluding hydrogens is 262 g/mol. The van der Waals surface area contributed by atoms with Crippen LogP contribution < -0.4 is 10.6 Å². The molecule has 0 aromatic rings. The van der Waals surface area contributed by atoms with Crippen LogP contribution >= 0.6 is 0 Å². The second-order valence-corrected chi connectivity index (χ2v) is 5.68. The number of carboxylic acids is 1. The van der Waals surface area contributed by atoms with Crippen molar-refractivity contribution in [2.45, 2.75) is 38.1 Å². The van der Waals surface area contributed by atoms with Crippen LogP contribution in [0.1, 0.15) is 32.6 Å². The molecule has 1 unspecified atom stereocenters. The lowest BCUT2D eigenvalue weighted by Crippen LogP contribution is -2.57. The van der Waals surface area contributed by atoms with Crippen molar-refractivity contribution in [3.8, 4) is 0 Å². The predicted molar refractivity (Wildman–Crippen MR) is 71.1 cm³/mol. The smallest absolute Gasteiger partial charge is 0.329 e. The quantitative estimate of drug-likeness (QED) is 0.669. The van der Waals surface area contributed by atoms with Crippen molar-refractivity contribution in [2.24, 2.45) is 5.92 Å². The highest BCUT2D eigenvalue weighted by atomic mass is 16.4. The highest BCUT2D eigenvalue weighted by molar-refractivity contribution is 5.89. The molecule has 0 spiro atoms. The van der Waals surface area contributed by atoms with E-state index in [4.69, 9.17) is 0 Å². The largest absolute Gasteiger partial charge is 0.480 e. The monoisotopic (exact) mass is 283 g/mol. The minimum absolute atomic E-state index is 0.0277. The zero-order valence-corrected chi connectivity index (χ0v) is 11.6. The van der Waals surface area contributed by atoms with Crippen molar-refractivity contribution in [1.82, 2.24) is 15.5 Å². The molecule has 0 aromatic heterocycles. The maximum atomic E-state index is 11.8. The molecule has 1 aliphatic heterocycles. The summed E-state index contributed by atoms with van der Waals surface area (Å²) in [5.41, 5.74) is -1.25. The van der Waals surface area contributed by atoms with E-state index in [2.05, 4.69) is 10.6 Å². The summed E-state index contributed by atoms with van der Waals surface area (Å²) in [6.07, 6.45) is 3.60. The SMILES string of the molecule is CC(NC(=O)NCC(=O)N1CCCC1)(C(=O)O)C1CC1. The number of nitrogens with one attached hydrogen (secondary N) is 2. The second kappa shape index (κ2) is 5.68. The number of carbonyl (C=O) groups excluding carboxylic acids is 2. The molecule has 2 aliphatic rings. The van der Waals surface area contributed by atoms with Gasteiger partial charge in [-0.2, -0.15) is 0 Å². The molecule has 1 saturated carbocycles. The summed E-state index contributed by atoms with van der Waals surface area (Å²) in [4.78, 5) is 36.5. The lowest BCUT2D eigenvalue weighted by molar-refractivity contribution is -0.144. The minimum atomic E-state index is -1.25. The second-order valence-electron chi connectivity index (χ2n) is 5.68. The topological polar surface area (TPSA) is 98.7 Å². The lowest BCUT2D eigenvalue weighted by Gasteiger charge is -2.26. The average Bonchev–Trinajstić information content (AvgIpc) is 3.12. The van der Waals surface area contributed by atoms with E-state index in [-0.39, 0.29) is 18.4 Å². The highest BCUT2D eigenvalue weighted by Gasteiger charge is 2.48. The Morgan fingerprint density at radius 3 is 2.35 bits per heavy atom. The standard InChI is InChI=1S/C13H21N3O4/c1-13(11(18)19,9-4-5-9)15-12(20)14-8-10(17)16-6-2-3-7-16/h9H,2-8H2,1H3,(H,18,19)(H2,14,15,20). The van der Waals surface area contributed by atoms with Crippen molar-refractivity contribution in [3.05, 3.63) is 0 Å². The predicted octanol–water partition coefficient (Wildman–Crippen LogP) is 0.161. The first kappa shape index (κ1) is 14.6. The number of likely N-dealkylation sites (tertiary alicyclic amines) is 1. The Hall–Kier alpha value is -1.79. The van der Waals surface area contributed by atoms with E-state index in [9.17, 15) is 19.5 Å². The summed E-state index contributed by atoms with van der Waals surface area (Å²) in [6.45, 7) is 2.88. The fourth-order valence-electron chi connectivity index (χ4n) is 2.51. The van der Waals surface area contributed by atoms with Gasteiger partial charge in [-0.1, -0.05) is 0 Å². The zero-order chi connectivity index (χ0) is 14.8. The summed E-state index contributed by atoms with van der Waals surface area (Å²) >= 11 is 0. The molecule has 2 fully saturated rings. The Morgan fingerprint density at radius 1 is 1.25 bits per heavy atom. The van der Waals surface area contributed by atoms with E-state index in [1.807, 2.05) is 0 Å². The molecule has 7 heteroatoms. The van der Waals surface area contributed by atoms with Gasteiger partial charge >= 0.3 is 12.0 Å². The third-order valence-electron chi connectivity index (χ3n) is 4.07. The number of hydrogen-bond donors (Lipinski definition) is 3. The average molecular weight is 283 g/mol. The first-order chi connectivity index (χ1) is 9.43. The van der Waals surface area contributed by atoms with Crippen LogP contribution in [0, 0.1) is 5.92 Å². The van der Waals surface area contributed by atoms with Gasteiger partial charge in [-0.3, -0.25) is 4.79 Å². The first-order valence-corrected chi connectivity index (χ1v) is 7.00. The third-order valence-corrected chi connectivity index (χ3v) is 4.07. The Morgan fingerprint density at radius 2 is 1.85 bits per heavy atom. The normalized spacial score (nSPS) is 21.1. The molecule has 0 bridgehead atoms. The summed E-state index contributed by atoms with van der Waals surface area (Å²) in [5.74, 6) is -1.19. The number of carboxylic acid groups (broad SMARTS) is 1. The fraction of sp³-hybridized carbons (Fsp3) is 0.769. The lowest BCUT2D eigenvalue weighted by atomic mass is 9.96. The molecular formula is C13H21N3O4. The summed E-state index contributed by atoms with van der Waals surface area (Å²) in [7, 11) is 0. The third kappa shape index (κ3) is 3.20. The molecule has 112 valence electrons. The number of hydrogen-bond acceptors (Lipinski definition) is 3. The highest BCUT2D eigenvalue weighted by Crippen LogP contribution is 2.39. The van der Waals surface area contributed by atoms with Crippen molar-refractivity contribution in [1.29, 1.82) is 0 Å².